The number of nitrogens with zero attached hydrogens (tertiary/aromatic N) is 2. The van der Waals surface area contributed by atoms with Gasteiger partial charge in [-0.2, -0.15) is 5.10 Å². The van der Waals surface area contributed by atoms with Gasteiger partial charge in [-0.3, -0.25) is 0 Å². The van der Waals surface area contributed by atoms with Crippen LogP contribution in [0.5, 0.6) is 5.75 Å². The second kappa shape index (κ2) is 4.61. The van der Waals surface area contributed by atoms with Crippen LogP contribution in [0.4, 0.5) is 5.82 Å². The number of methoxy groups -OCH3 is 1. The van der Waals surface area contributed by atoms with E-state index < -0.39 is 0 Å². The lowest BCUT2D eigenvalue weighted by Gasteiger charge is -2.15. The lowest BCUT2D eigenvalue weighted by molar-refractivity contribution is 0.411. The quantitative estimate of drug-likeness (QED) is 0.901. The van der Waals surface area contributed by atoms with Gasteiger partial charge in [0.2, 0.25) is 0 Å². The number of rotatable bonds is 2. The highest BCUT2D eigenvalue weighted by Crippen LogP contribution is 2.28. The summed E-state index contributed by atoms with van der Waals surface area (Å²) in [7, 11) is 1.67. The average Bonchev–Trinajstić information content (AvgIpc) is 2.71. The Balaban J connectivity index is 2.57. The van der Waals surface area contributed by atoms with Crippen molar-refractivity contribution in [3.05, 3.63) is 35.5 Å². The molecule has 2 rings (SSSR count). The Morgan fingerprint density at radius 3 is 2.47 bits per heavy atom. The zero-order valence-electron chi connectivity index (χ0n) is 12.2. The minimum atomic E-state index is -0.0217. The van der Waals surface area contributed by atoms with Crippen LogP contribution in [0.3, 0.4) is 0 Å². The topological polar surface area (TPSA) is 53.1 Å². The van der Waals surface area contributed by atoms with Gasteiger partial charge in [-0.05, 0) is 19.1 Å². The summed E-state index contributed by atoms with van der Waals surface area (Å²) in [5, 5.41) is 4.62. The maximum Gasteiger partial charge on any atom is 0.127 e. The van der Waals surface area contributed by atoms with E-state index in [1.54, 1.807) is 11.8 Å². The molecule has 0 unspecified atom stereocenters. The van der Waals surface area contributed by atoms with E-state index in [2.05, 4.69) is 25.9 Å². The molecule has 0 aliphatic carbocycles. The highest BCUT2D eigenvalue weighted by molar-refractivity contribution is 5.52. The molecule has 1 aromatic heterocycles. The number of nitrogens with two attached hydrogens (primary N) is 1. The molecule has 0 bridgehead atoms. The zero-order valence-corrected chi connectivity index (χ0v) is 12.2. The van der Waals surface area contributed by atoms with E-state index in [1.165, 1.54) is 0 Å². The molecule has 4 nitrogen and oxygen atoms in total. The van der Waals surface area contributed by atoms with Crippen molar-refractivity contribution in [3.8, 4) is 11.4 Å². The normalized spacial score (nSPS) is 11.6. The Hall–Kier alpha value is -1.97. The molecule has 0 aliphatic heterocycles. The standard InChI is InChI=1S/C15H21N3O/c1-10-11(7-6-8-12(10)19-5)18-14(16)9-13(17-18)15(2,3)4/h6-9H,16H2,1-5H3. The molecule has 0 spiro atoms. The van der Waals surface area contributed by atoms with Crippen molar-refractivity contribution in [2.75, 3.05) is 12.8 Å². The first-order chi connectivity index (χ1) is 8.84. The second-order valence-corrected chi connectivity index (χ2v) is 5.72. The molecule has 2 N–H and O–H groups in total. The van der Waals surface area contributed by atoms with E-state index >= 15 is 0 Å². The highest BCUT2D eigenvalue weighted by Gasteiger charge is 2.20. The van der Waals surface area contributed by atoms with Crippen molar-refractivity contribution in [2.45, 2.75) is 33.1 Å². The molecule has 0 saturated carbocycles. The zero-order chi connectivity index (χ0) is 14.2. The number of anilines is 1. The molecule has 102 valence electrons. The molecule has 0 amide bonds. The first-order valence-electron chi connectivity index (χ1n) is 6.34. The fourth-order valence-corrected chi connectivity index (χ4v) is 2.01. The number of aromatic nitrogens is 2. The Morgan fingerprint density at radius 1 is 1.26 bits per heavy atom. The van der Waals surface area contributed by atoms with Gasteiger partial charge < -0.3 is 10.5 Å². The molecule has 0 fully saturated rings. The first-order valence-corrected chi connectivity index (χ1v) is 6.34. The van der Waals surface area contributed by atoms with Crippen LogP contribution in [0.2, 0.25) is 0 Å². The summed E-state index contributed by atoms with van der Waals surface area (Å²) in [6.07, 6.45) is 0. The van der Waals surface area contributed by atoms with Crippen LogP contribution in [-0.2, 0) is 5.41 Å². The summed E-state index contributed by atoms with van der Waals surface area (Å²) in [5.74, 6) is 1.48. The molecule has 1 aromatic carbocycles. The van der Waals surface area contributed by atoms with Crippen LogP contribution in [0.15, 0.2) is 24.3 Å². The van der Waals surface area contributed by atoms with Gasteiger partial charge in [0.25, 0.3) is 0 Å². The van der Waals surface area contributed by atoms with E-state index in [4.69, 9.17) is 10.5 Å². The third-order valence-corrected chi connectivity index (χ3v) is 3.21. The molecule has 19 heavy (non-hydrogen) atoms. The van der Waals surface area contributed by atoms with E-state index in [0.29, 0.717) is 5.82 Å². The largest absolute Gasteiger partial charge is 0.496 e. The second-order valence-electron chi connectivity index (χ2n) is 5.72. The van der Waals surface area contributed by atoms with Gasteiger partial charge in [0, 0.05) is 17.0 Å². The van der Waals surface area contributed by atoms with Gasteiger partial charge in [0.05, 0.1) is 18.5 Å². The van der Waals surface area contributed by atoms with Gasteiger partial charge in [0.1, 0.15) is 11.6 Å². The number of hydrogen-bond donors (Lipinski definition) is 1. The fourth-order valence-electron chi connectivity index (χ4n) is 2.01. The van der Waals surface area contributed by atoms with Gasteiger partial charge in [-0.15, -0.1) is 0 Å². The fraction of sp³-hybridized carbons (Fsp3) is 0.400. The Kier molecular flexibility index (Phi) is 3.27. The summed E-state index contributed by atoms with van der Waals surface area (Å²) in [5.41, 5.74) is 9.03. The third kappa shape index (κ3) is 2.43. The first kappa shape index (κ1) is 13.5. The van der Waals surface area contributed by atoms with Crippen molar-refractivity contribution in [2.24, 2.45) is 0 Å². The molecule has 0 atom stereocenters. The minimum Gasteiger partial charge on any atom is -0.496 e. The summed E-state index contributed by atoms with van der Waals surface area (Å²) in [6, 6.07) is 7.80. The number of hydrogen-bond acceptors (Lipinski definition) is 3. The molecule has 1 heterocycles. The number of nitrogen functional groups attached to an aromatic ring is 1. The summed E-state index contributed by atoms with van der Waals surface area (Å²) >= 11 is 0. The maximum atomic E-state index is 6.09. The van der Waals surface area contributed by atoms with E-state index in [-0.39, 0.29) is 5.41 Å². The smallest absolute Gasteiger partial charge is 0.127 e. The summed E-state index contributed by atoms with van der Waals surface area (Å²) in [6.45, 7) is 8.37. The van der Waals surface area contributed by atoms with Crippen molar-refractivity contribution < 1.29 is 4.74 Å². The highest BCUT2D eigenvalue weighted by atomic mass is 16.5. The molecule has 0 aliphatic rings. The third-order valence-electron chi connectivity index (χ3n) is 3.21. The van der Waals surface area contributed by atoms with Gasteiger partial charge in [-0.25, -0.2) is 4.68 Å². The Morgan fingerprint density at radius 2 is 1.95 bits per heavy atom. The van der Waals surface area contributed by atoms with Crippen molar-refractivity contribution in [1.82, 2.24) is 9.78 Å². The molecule has 0 radical (unpaired) electrons. The molecular weight excluding hydrogens is 238 g/mol. The van der Waals surface area contributed by atoms with Crippen LogP contribution in [0.25, 0.3) is 5.69 Å². The van der Waals surface area contributed by atoms with E-state index in [1.807, 2.05) is 31.2 Å². The van der Waals surface area contributed by atoms with Crippen LogP contribution in [0.1, 0.15) is 32.0 Å². The van der Waals surface area contributed by atoms with Crippen LogP contribution >= 0.6 is 0 Å². The molecule has 0 saturated heterocycles. The van der Waals surface area contributed by atoms with Gasteiger partial charge in [0.15, 0.2) is 0 Å². The molecule has 2 aromatic rings. The SMILES string of the molecule is COc1cccc(-n2nc(C(C)(C)C)cc2N)c1C. The van der Waals surface area contributed by atoms with Gasteiger partial charge in [-0.1, -0.05) is 26.8 Å². The predicted molar refractivity (Wildman–Crippen MR) is 78.0 cm³/mol. The van der Waals surface area contributed by atoms with Crippen LogP contribution < -0.4 is 10.5 Å². The van der Waals surface area contributed by atoms with E-state index in [0.717, 1.165) is 22.7 Å². The van der Waals surface area contributed by atoms with Gasteiger partial charge >= 0.3 is 0 Å². The Bertz CT molecular complexity index is 594. The van der Waals surface area contributed by atoms with Crippen molar-refractivity contribution in [1.29, 1.82) is 0 Å². The lowest BCUT2D eigenvalue weighted by atomic mass is 9.92. The predicted octanol–water partition coefficient (Wildman–Crippen LogP) is 3.07. The van der Waals surface area contributed by atoms with Crippen LogP contribution in [-0.4, -0.2) is 16.9 Å². The number of ether oxygens (including phenoxy) is 1. The number of benzene rings is 1. The maximum absolute atomic E-state index is 6.09. The monoisotopic (exact) mass is 259 g/mol. The van der Waals surface area contributed by atoms with Crippen molar-refractivity contribution in [3.63, 3.8) is 0 Å². The Labute approximate surface area is 114 Å². The summed E-state index contributed by atoms with van der Waals surface area (Å²) < 4.78 is 7.12. The molecule has 4 heteroatoms. The summed E-state index contributed by atoms with van der Waals surface area (Å²) in [4.78, 5) is 0. The van der Waals surface area contributed by atoms with E-state index in [9.17, 15) is 0 Å². The van der Waals surface area contributed by atoms with Crippen molar-refractivity contribution >= 4 is 5.82 Å². The average molecular weight is 259 g/mol. The van der Waals surface area contributed by atoms with Crippen LogP contribution in [0, 0.1) is 6.92 Å². The minimum absolute atomic E-state index is 0.0217. The molecular formula is C15H21N3O. The lowest BCUT2D eigenvalue weighted by Crippen LogP contribution is -2.13.